The third kappa shape index (κ3) is 7.55. The van der Waals surface area contributed by atoms with Gasteiger partial charge in [-0.1, -0.05) is 78.9 Å². The average Bonchev–Trinajstić information content (AvgIpc) is 2.46. The van der Waals surface area contributed by atoms with Crippen molar-refractivity contribution in [2.75, 3.05) is 7.11 Å². The second kappa shape index (κ2) is 9.66. The molecule has 1 aromatic rings. The maximum absolute atomic E-state index is 10.8. The van der Waals surface area contributed by atoms with Crippen LogP contribution in [0.3, 0.4) is 0 Å². The van der Waals surface area contributed by atoms with Crippen molar-refractivity contribution < 1.29 is 9.53 Å². The number of carbonyl (C=O) groups excluding carboxylic acids is 1. The highest BCUT2D eigenvalue weighted by Gasteiger charge is 1.91. The van der Waals surface area contributed by atoms with Gasteiger partial charge in [-0.15, -0.1) is 0 Å². The van der Waals surface area contributed by atoms with Gasteiger partial charge in [0, 0.05) is 0 Å². The summed E-state index contributed by atoms with van der Waals surface area (Å²) in [7, 11) is 1.38. The van der Waals surface area contributed by atoms with Crippen LogP contribution < -0.4 is 0 Å². The third-order valence-corrected chi connectivity index (χ3v) is 2.29. The van der Waals surface area contributed by atoms with Crippen molar-refractivity contribution in [2.24, 2.45) is 0 Å². The molecule has 0 aliphatic rings. The van der Waals surface area contributed by atoms with Crippen LogP contribution in [-0.2, 0) is 9.53 Å². The Bertz CT molecular complexity index is 479. The highest BCUT2D eigenvalue weighted by atomic mass is 16.5. The summed E-state index contributed by atoms with van der Waals surface area (Å²) in [6, 6.07) is 10.1. The molecule has 0 aromatic heterocycles. The van der Waals surface area contributed by atoms with Crippen LogP contribution in [0.5, 0.6) is 0 Å². The van der Waals surface area contributed by atoms with Gasteiger partial charge in [-0.05, 0) is 5.56 Å². The number of allylic oxidation sites excluding steroid dienone is 6. The highest BCUT2D eigenvalue weighted by molar-refractivity contribution is 5.70. The molecule has 0 fully saturated rings. The fourth-order valence-electron chi connectivity index (χ4n) is 1.31. The number of rotatable bonds is 6. The van der Waals surface area contributed by atoms with Crippen molar-refractivity contribution in [3.05, 3.63) is 78.4 Å². The lowest BCUT2D eigenvalue weighted by atomic mass is 10.2. The molecule has 0 spiro atoms. The highest BCUT2D eigenvalue weighted by Crippen LogP contribution is 2.00. The van der Waals surface area contributed by atoms with Crippen molar-refractivity contribution in [1.29, 1.82) is 0 Å². The van der Waals surface area contributed by atoms with E-state index < -0.39 is 0 Å². The Balaban J connectivity index is 2.27. The Labute approximate surface area is 114 Å². The second-order valence-electron chi connectivity index (χ2n) is 3.75. The molecule has 1 rings (SSSR count). The van der Waals surface area contributed by atoms with E-state index in [4.69, 9.17) is 0 Å². The lowest BCUT2D eigenvalue weighted by Crippen LogP contribution is -1.96. The van der Waals surface area contributed by atoms with E-state index in [1.54, 1.807) is 6.08 Å². The predicted molar refractivity (Wildman–Crippen MR) is 79.5 cm³/mol. The maximum atomic E-state index is 10.8. The van der Waals surface area contributed by atoms with Crippen molar-refractivity contribution in [1.82, 2.24) is 0 Å². The molecular formula is C17H18O2. The molecule has 0 heterocycles. The van der Waals surface area contributed by atoms with E-state index in [0.717, 1.165) is 0 Å². The van der Waals surface area contributed by atoms with E-state index in [9.17, 15) is 4.79 Å². The van der Waals surface area contributed by atoms with Gasteiger partial charge in [0.1, 0.15) is 0 Å². The topological polar surface area (TPSA) is 26.3 Å². The van der Waals surface area contributed by atoms with Gasteiger partial charge >= 0.3 is 5.97 Å². The Morgan fingerprint density at radius 2 is 1.63 bits per heavy atom. The van der Waals surface area contributed by atoms with Gasteiger partial charge in [-0.2, -0.15) is 0 Å². The maximum Gasteiger partial charge on any atom is 0.309 e. The molecule has 0 aliphatic carbocycles. The first kappa shape index (κ1) is 14.7. The largest absolute Gasteiger partial charge is 0.469 e. The van der Waals surface area contributed by atoms with E-state index in [-0.39, 0.29) is 5.97 Å². The number of methoxy groups -OCH3 is 1. The SMILES string of the molecule is COC(=O)C/C=C/C=C/C=C/C=C/c1ccccc1. The van der Waals surface area contributed by atoms with Crippen LogP contribution in [0.4, 0.5) is 0 Å². The van der Waals surface area contributed by atoms with Gasteiger partial charge in [0.25, 0.3) is 0 Å². The molecule has 0 saturated carbocycles. The zero-order chi connectivity index (χ0) is 13.8. The molecule has 2 nitrogen and oxygen atoms in total. The van der Waals surface area contributed by atoms with Crippen LogP contribution in [0.2, 0.25) is 0 Å². The first-order valence-corrected chi connectivity index (χ1v) is 6.11. The van der Waals surface area contributed by atoms with Gasteiger partial charge in [0.05, 0.1) is 13.5 Å². The summed E-state index contributed by atoms with van der Waals surface area (Å²) >= 11 is 0. The molecule has 0 N–H and O–H groups in total. The van der Waals surface area contributed by atoms with Crippen LogP contribution in [0.1, 0.15) is 12.0 Å². The molecule has 0 radical (unpaired) electrons. The number of esters is 1. The fraction of sp³-hybridized carbons (Fsp3) is 0.118. The molecule has 0 aliphatic heterocycles. The van der Waals surface area contributed by atoms with E-state index in [0.29, 0.717) is 6.42 Å². The molecule has 0 unspecified atom stereocenters. The Hall–Kier alpha value is -2.35. The van der Waals surface area contributed by atoms with Crippen LogP contribution in [0.25, 0.3) is 6.08 Å². The summed E-state index contributed by atoms with van der Waals surface area (Å²) in [5.41, 5.74) is 1.18. The van der Waals surface area contributed by atoms with Gasteiger partial charge in [-0.25, -0.2) is 0 Å². The monoisotopic (exact) mass is 254 g/mol. The minimum absolute atomic E-state index is 0.231. The number of ether oxygens (including phenoxy) is 1. The molecule has 0 atom stereocenters. The zero-order valence-corrected chi connectivity index (χ0v) is 11.0. The van der Waals surface area contributed by atoms with Crippen molar-refractivity contribution in [3.8, 4) is 0 Å². The summed E-state index contributed by atoms with van der Waals surface area (Å²) in [5.74, 6) is -0.231. The normalized spacial score (nSPS) is 12.1. The first-order chi connectivity index (χ1) is 9.33. The van der Waals surface area contributed by atoms with Crippen molar-refractivity contribution in [2.45, 2.75) is 6.42 Å². The summed E-state index contributed by atoms with van der Waals surface area (Å²) in [6.45, 7) is 0. The number of benzene rings is 1. The number of hydrogen-bond acceptors (Lipinski definition) is 2. The summed E-state index contributed by atoms with van der Waals surface area (Å²) in [6.07, 6.45) is 15.6. The summed E-state index contributed by atoms with van der Waals surface area (Å²) < 4.78 is 4.51. The molecule has 98 valence electrons. The molecular weight excluding hydrogens is 236 g/mol. The smallest absolute Gasteiger partial charge is 0.309 e. The minimum Gasteiger partial charge on any atom is -0.469 e. The number of carbonyl (C=O) groups is 1. The van der Waals surface area contributed by atoms with Gasteiger partial charge in [0.2, 0.25) is 0 Å². The molecule has 2 heteroatoms. The van der Waals surface area contributed by atoms with Crippen molar-refractivity contribution >= 4 is 12.0 Å². The van der Waals surface area contributed by atoms with Crippen LogP contribution in [0, 0.1) is 0 Å². The third-order valence-electron chi connectivity index (χ3n) is 2.29. The lowest BCUT2D eigenvalue weighted by Gasteiger charge is -1.90. The molecule has 0 amide bonds. The van der Waals surface area contributed by atoms with E-state index >= 15 is 0 Å². The zero-order valence-electron chi connectivity index (χ0n) is 11.0. The Morgan fingerprint density at radius 1 is 1.00 bits per heavy atom. The Kier molecular flexibility index (Phi) is 7.48. The summed E-state index contributed by atoms with van der Waals surface area (Å²) in [4.78, 5) is 10.8. The molecule has 0 bridgehead atoms. The standard InChI is InChI=1S/C17H18O2/c1-19-17(18)15-11-6-4-2-3-5-8-12-16-13-9-7-10-14-16/h2-14H,15H2,1H3/b4-2+,5-3+,11-6+,12-8+. The fourth-order valence-corrected chi connectivity index (χ4v) is 1.31. The first-order valence-electron chi connectivity index (χ1n) is 6.11. The molecule has 0 saturated heterocycles. The number of hydrogen-bond donors (Lipinski definition) is 0. The van der Waals surface area contributed by atoms with E-state index in [1.165, 1.54) is 12.7 Å². The summed E-state index contributed by atoms with van der Waals surface area (Å²) in [5, 5.41) is 0. The van der Waals surface area contributed by atoms with Gasteiger partial charge < -0.3 is 4.74 Å². The van der Waals surface area contributed by atoms with Gasteiger partial charge in [0.15, 0.2) is 0 Å². The predicted octanol–water partition coefficient (Wildman–Crippen LogP) is 3.93. The van der Waals surface area contributed by atoms with Crippen LogP contribution in [-0.4, -0.2) is 13.1 Å². The van der Waals surface area contributed by atoms with Crippen molar-refractivity contribution in [3.63, 3.8) is 0 Å². The molecule has 1 aromatic carbocycles. The van der Waals surface area contributed by atoms with Gasteiger partial charge in [-0.3, -0.25) is 4.79 Å². The average molecular weight is 254 g/mol. The van der Waals surface area contributed by atoms with E-state index in [2.05, 4.69) is 16.9 Å². The van der Waals surface area contributed by atoms with Crippen LogP contribution >= 0.6 is 0 Å². The molecule has 19 heavy (non-hydrogen) atoms. The minimum atomic E-state index is -0.231. The second-order valence-corrected chi connectivity index (χ2v) is 3.75. The van der Waals surface area contributed by atoms with E-state index in [1.807, 2.05) is 60.7 Å². The quantitative estimate of drug-likeness (QED) is 0.568. The lowest BCUT2D eigenvalue weighted by molar-refractivity contribution is -0.139. The Morgan fingerprint density at radius 3 is 2.32 bits per heavy atom. The van der Waals surface area contributed by atoms with Crippen LogP contribution in [0.15, 0.2) is 72.9 Å².